The van der Waals surface area contributed by atoms with Gasteiger partial charge in [-0.1, -0.05) is 12.1 Å². The van der Waals surface area contributed by atoms with E-state index in [1.54, 1.807) is 32.7 Å². The highest BCUT2D eigenvalue weighted by Gasteiger charge is 2.44. The molecule has 4 amide bonds. The zero-order valence-electron chi connectivity index (χ0n) is 16.5. The van der Waals surface area contributed by atoms with Crippen molar-refractivity contribution in [3.63, 3.8) is 0 Å². The van der Waals surface area contributed by atoms with Crippen molar-refractivity contribution in [2.75, 3.05) is 26.5 Å². The molecule has 1 aromatic carbocycles. The lowest BCUT2D eigenvalue weighted by molar-refractivity contribution is -0.152. The predicted octanol–water partition coefficient (Wildman–Crippen LogP) is 1.63. The maximum absolute atomic E-state index is 12.1. The lowest BCUT2D eigenvalue weighted by Gasteiger charge is -2.18. The van der Waals surface area contributed by atoms with Gasteiger partial charge in [-0.15, -0.1) is 11.8 Å². The van der Waals surface area contributed by atoms with Crippen LogP contribution in [-0.2, 0) is 25.7 Å². The molecule has 1 aliphatic heterocycles. The molecule has 0 bridgehead atoms. The van der Waals surface area contributed by atoms with E-state index in [0.29, 0.717) is 6.54 Å². The lowest BCUT2D eigenvalue weighted by Crippen LogP contribution is -2.40. The number of amides is 4. The molecular weight excluding hydrogens is 382 g/mol. The molecule has 28 heavy (non-hydrogen) atoms. The van der Waals surface area contributed by atoms with Crippen molar-refractivity contribution in [2.45, 2.75) is 37.2 Å². The van der Waals surface area contributed by atoms with Crippen LogP contribution in [0.1, 0.15) is 25.8 Å². The zero-order valence-corrected chi connectivity index (χ0v) is 17.3. The van der Waals surface area contributed by atoms with Gasteiger partial charge in [0.25, 0.3) is 11.8 Å². The van der Waals surface area contributed by atoms with E-state index in [1.165, 1.54) is 4.90 Å². The summed E-state index contributed by atoms with van der Waals surface area (Å²) in [4.78, 5) is 51.4. The summed E-state index contributed by atoms with van der Waals surface area (Å²) >= 11 is 1.64. The van der Waals surface area contributed by atoms with Crippen molar-refractivity contribution in [3.05, 3.63) is 29.8 Å². The van der Waals surface area contributed by atoms with E-state index in [-0.39, 0.29) is 25.5 Å². The molecule has 1 aliphatic rings. The average molecular weight is 407 g/mol. The van der Waals surface area contributed by atoms with Crippen LogP contribution in [0.5, 0.6) is 0 Å². The SMILES string of the molecule is CSc1ccc(CN(C)C(=O)COC(=O)CCN2C(=O)NC(C)(C)C2=O)cc1. The first kappa shape index (κ1) is 21.7. The number of urea groups is 1. The standard InChI is InChI=1S/C19H25N3O5S/c1-19(2)17(25)22(18(26)20-19)10-9-16(24)27-12-15(23)21(3)11-13-5-7-14(28-4)8-6-13/h5-8H,9-12H2,1-4H3,(H,20,26). The number of ether oxygens (including phenoxy) is 1. The summed E-state index contributed by atoms with van der Waals surface area (Å²) in [6, 6.07) is 7.32. The molecule has 152 valence electrons. The molecule has 0 aliphatic carbocycles. The highest BCUT2D eigenvalue weighted by molar-refractivity contribution is 7.98. The number of carbonyl (C=O) groups is 4. The van der Waals surface area contributed by atoms with Gasteiger partial charge in [0.2, 0.25) is 0 Å². The first-order valence-corrected chi connectivity index (χ1v) is 10.0. The Bertz CT molecular complexity index is 763. The molecule has 8 nitrogen and oxygen atoms in total. The molecule has 0 radical (unpaired) electrons. The number of likely N-dealkylation sites (N-methyl/N-ethyl adjacent to an activating group) is 1. The summed E-state index contributed by atoms with van der Waals surface area (Å²) < 4.78 is 4.98. The maximum atomic E-state index is 12.1. The number of rotatable bonds is 8. The monoisotopic (exact) mass is 407 g/mol. The van der Waals surface area contributed by atoms with Gasteiger partial charge in [0.05, 0.1) is 6.42 Å². The van der Waals surface area contributed by atoms with Gasteiger partial charge in [0, 0.05) is 25.0 Å². The Morgan fingerprint density at radius 3 is 2.39 bits per heavy atom. The van der Waals surface area contributed by atoms with Crippen LogP contribution >= 0.6 is 11.8 Å². The number of hydrogen-bond donors (Lipinski definition) is 1. The topological polar surface area (TPSA) is 96.0 Å². The van der Waals surface area contributed by atoms with Gasteiger partial charge in [-0.05, 0) is 37.8 Å². The van der Waals surface area contributed by atoms with E-state index in [1.807, 2.05) is 30.5 Å². The van der Waals surface area contributed by atoms with Gasteiger partial charge < -0.3 is 15.0 Å². The molecule has 0 aromatic heterocycles. The van der Waals surface area contributed by atoms with Crippen molar-refractivity contribution in [2.24, 2.45) is 0 Å². The fourth-order valence-corrected chi connectivity index (χ4v) is 3.05. The van der Waals surface area contributed by atoms with Gasteiger partial charge in [0.15, 0.2) is 6.61 Å². The predicted molar refractivity (Wildman–Crippen MR) is 105 cm³/mol. The van der Waals surface area contributed by atoms with E-state index in [9.17, 15) is 19.2 Å². The molecule has 0 spiro atoms. The number of benzene rings is 1. The fraction of sp³-hybridized carbons (Fsp3) is 0.474. The van der Waals surface area contributed by atoms with Gasteiger partial charge in [-0.25, -0.2) is 4.79 Å². The number of hydrogen-bond acceptors (Lipinski definition) is 6. The number of nitrogens with one attached hydrogen (secondary N) is 1. The quantitative estimate of drug-likeness (QED) is 0.400. The highest BCUT2D eigenvalue weighted by Crippen LogP contribution is 2.17. The van der Waals surface area contributed by atoms with Gasteiger partial charge in [-0.3, -0.25) is 19.3 Å². The molecule has 1 fully saturated rings. The molecule has 1 aromatic rings. The van der Waals surface area contributed by atoms with Crippen LogP contribution in [-0.4, -0.2) is 65.6 Å². The highest BCUT2D eigenvalue weighted by atomic mass is 32.2. The van der Waals surface area contributed by atoms with Crippen LogP contribution in [0.3, 0.4) is 0 Å². The van der Waals surface area contributed by atoms with Gasteiger partial charge in [-0.2, -0.15) is 0 Å². The fourth-order valence-electron chi connectivity index (χ4n) is 2.64. The Morgan fingerprint density at radius 1 is 1.21 bits per heavy atom. The minimum absolute atomic E-state index is 0.0846. The Balaban J connectivity index is 1.74. The number of thioether (sulfide) groups is 1. The van der Waals surface area contributed by atoms with E-state index >= 15 is 0 Å². The summed E-state index contributed by atoms with van der Waals surface area (Å²) in [6.45, 7) is 3.12. The van der Waals surface area contributed by atoms with Gasteiger partial charge >= 0.3 is 12.0 Å². The Morgan fingerprint density at radius 2 is 1.86 bits per heavy atom. The summed E-state index contributed by atoms with van der Waals surface area (Å²) in [5, 5.41) is 2.54. The third-order valence-corrected chi connectivity index (χ3v) is 5.09. The first-order chi connectivity index (χ1) is 13.1. The van der Waals surface area contributed by atoms with E-state index in [4.69, 9.17) is 4.74 Å². The second-order valence-electron chi connectivity index (χ2n) is 7.02. The molecule has 1 N–H and O–H groups in total. The van der Waals surface area contributed by atoms with E-state index < -0.39 is 23.4 Å². The molecule has 0 unspecified atom stereocenters. The summed E-state index contributed by atoms with van der Waals surface area (Å²) in [6.07, 6.45) is 1.83. The Hall–Kier alpha value is -2.55. The van der Waals surface area contributed by atoms with Crippen LogP contribution in [0.4, 0.5) is 4.79 Å². The van der Waals surface area contributed by atoms with Crippen molar-refractivity contribution in [1.29, 1.82) is 0 Å². The Kier molecular flexibility index (Phi) is 7.06. The van der Waals surface area contributed by atoms with Crippen LogP contribution < -0.4 is 5.32 Å². The molecule has 1 saturated heterocycles. The molecule has 9 heteroatoms. The Labute approximate surface area is 168 Å². The lowest BCUT2D eigenvalue weighted by atomic mass is 10.1. The summed E-state index contributed by atoms with van der Waals surface area (Å²) in [5.74, 6) is -1.37. The van der Waals surface area contributed by atoms with Crippen molar-refractivity contribution in [1.82, 2.24) is 15.1 Å². The number of imide groups is 1. The van der Waals surface area contributed by atoms with E-state index in [0.717, 1.165) is 15.4 Å². The van der Waals surface area contributed by atoms with Crippen LogP contribution in [0.25, 0.3) is 0 Å². The van der Waals surface area contributed by atoms with Crippen molar-refractivity contribution >= 4 is 35.6 Å². The number of esters is 1. The van der Waals surface area contributed by atoms with E-state index in [2.05, 4.69) is 5.32 Å². The largest absolute Gasteiger partial charge is 0.456 e. The molecular formula is C19H25N3O5S. The number of nitrogens with zero attached hydrogens (tertiary/aromatic N) is 2. The summed E-state index contributed by atoms with van der Waals surface area (Å²) in [7, 11) is 1.63. The summed E-state index contributed by atoms with van der Waals surface area (Å²) in [5.41, 5.74) is -0.00520. The van der Waals surface area contributed by atoms with Crippen molar-refractivity contribution < 1.29 is 23.9 Å². The molecule has 0 atom stereocenters. The minimum Gasteiger partial charge on any atom is -0.456 e. The second kappa shape index (κ2) is 9.09. The molecule has 1 heterocycles. The third-order valence-electron chi connectivity index (χ3n) is 4.35. The average Bonchev–Trinajstić information content (AvgIpc) is 2.85. The number of carbonyl (C=O) groups excluding carboxylic acids is 4. The van der Waals surface area contributed by atoms with Crippen molar-refractivity contribution in [3.8, 4) is 0 Å². The van der Waals surface area contributed by atoms with Gasteiger partial charge in [0.1, 0.15) is 5.54 Å². The van der Waals surface area contributed by atoms with Crippen LogP contribution in [0, 0.1) is 0 Å². The maximum Gasteiger partial charge on any atom is 0.325 e. The molecule has 2 rings (SSSR count). The van der Waals surface area contributed by atoms with Crippen LogP contribution in [0.15, 0.2) is 29.2 Å². The molecule has 0 saturated carbocycles. The second-order valence-corrected chi connectivity index (χ2v) is 7.90. The smallest absolute Gasteiger partial charge is 0.325 e. The normalized spacial score (nSPS) is 15.4. The zero-order chi connectivity index (χ0) is 20.9. The minimum atomic E-state index is -0.978. The first-order valence-electron chi connectivity index (χ1n) is 8.80. The third kappa shape index (κ3) is 5.48. The van der Waals surface area contributed by atoms with Crippen LogP contribution in [0.2, 0.25) is 0 Å².